The summed E-state index contributed by atoms with van der Waals surface area (Å²) in [5.41, 5.74) is 1.11. The Bertz CT molecular complexity index is 400. The summed E-state index contributed by atoms with van der Waals surface area (Å²) >= 11 is 1.72. The summed E-state index contributed by atoms with van der Waals surface area (Å²) < 4.78 is 0. The molecule has 0 aromatic carbocycles. The summed E-state index contributed by atoms with van der Waals surface area (Å²) in [6.07, 6.45) is 3.72. The second-order valence-corrected chi connectivity index (χ2v) is 6.60. The highest BCUT2D eigenvalue weighted by atomic mass is 32.1. The zero-order chi connectivity index (χ0) is 13.1. The maximum absolute atomic E-state index is 12.1. The molecule has 3 nitrogen and oxygen atoms in total. The van der Waals surface area contributed by atoms with Gasteiger partial charge in [-0.15, -0.1) is 11.3 Å². The van der Waals surface area contributed by atoms with Gasteiger partial charge in [0.15, 0.2) is 0 Å². The normalized spacial score (nSPS) is 17.2. The number of aromatic nitrogens is 1. The van der Waals surface area contributed by atoms with Crippen molar-refractivity contribution in [3.63, 3.8) is 0 Å². The molecule has 0 unspecified atom stereocenters. The molecular weight excluding hydrogens is 244 g/mol. The third kappa shape index (κ3) is 3.31. The number of piperidine rings is 1. The largest absolute Gasteiger partial charge is 0.343 e. The van der Waals surface area contributed by atoms with Crippen LogP contribution in [-0.2, 0) is 11.2 Å². The zero-order valence-electron chi connectivity index (χ0n) is 11.5. The summed E-state index contributed by atoms with van der Waals surface area (Å²) in [5.74, 6) is 1.07. The monoisotopic (exact) mass is 266 g/mol. The van der Waals surface area contributed by atoms with Gasteiger partial charge in [0, 0.05) is 30.8 Å². The highest BCUT2D eigenvalue weighted by Gasteiger charge is 2.20. The van der Waals surface area contributed by atoms with E-state index in [0.717, 1.165) is 49.0 Å². The van der Waals surface area contributed by atoms with Crippen LogP contribution in [0.1, 0.15) is 41.8 Å². The van der Waals surface area contributed by atoms with Crippen LogP contribution < -0.4 is 0 Å². The first-order valence-electron chi connectivity index (χ1n) is 6.77. The zero-order valence-corrected chi connectivity index (χ0v) is 12.3. The van der Waals surface area contributed by atoms with Crippen molar-refractivity contribution in [2.24, 2.45) is 5.92 Å². The van der Waals surface area contributed by atoms with Crippen molar-refractivity contribution in [1.82, 2.24) is 9.88 Å². The van der Waals surface area contributed by atoms with Crippen LogP contribution in [-0.4, -0.2) is 28.9 Å². The lowest BCUT2D eigenvalue weighted by Crippen LogP contribution is -2.37. The first-order valence-corrected chi connectivity index (χ1v) is 7.58. The van der Waals surface area contributed by atoms with Crippen LogP contribution in [0.3, 0.4) is 0 Å². The number of hydrogen-bond donors (Lipinski definition) is 0. The summed E-state index contributed by atoms with van der Waals surface area (Å²) in [5, 5.41) is 1.10. The number of amides is 1. The fourth-order valence-electron chi connectivity index (χ4n) is 2.28. The van der Waals surface area contributed by atoms with Gasteiger partial charge >= 0.3 is 0 Å². The van der Waals surface area contributed by atoms with E-state index in [1.165, 1.54) is 4.88 Å². The molecule has 1 aromatic heterocycles. The Labute approximate surface area is 113 Å². The molecule has 1 amide bonds. The molecule has 1 aromatic rings. The van der Waals surface area contributed by atoms with E-state index in [0.29, 0.717) is 12.3 Å². The Morgan fingerprint density at radius 2 is 2.06 bits per heavy atom. The lowest BCUT2D eigenvalue weighted by Gasteiger charge is -2.30. The Morgan fingerprint density at radius 1 is 1.39 bits per heavy atom. The van der Waals surface area contributed by atoms with Gasteiger partial charge in [-0.1, -0.05) is 6.92 Å². The van der Waals surface area contributed by atoms with Crippen molar-refractivity contribution < 1.29 is 4.79 Å². The highest BCUT2D eigenvalue weighted by molar-refractivity contribution is 7.11. The Hall–Kier alpha value is -0.900. The van der Waals surface area contributed by atoms with E-state index in [1.54, 1.807) is 11.3 Å². The SMILES string of the molecule is Cc1nc(CCC(=O)N2CCC(C)CC2)sc1C. The average Bonchev–Trinajstić information content (AvgIpc) is 2.67. The van der Waals surface area contributed by atoms with Crippen LogP contribution in [0.25, 0.3) is 0 Å². The molecule has 0 spiro atoms. The quantitative estimate of drug-likeness (QED) is 0.842. The van der Waals surface area contributed by atoms with Gasteiger partial charge in [-0.05, 0) is 32.6 Å². The molecule has 2 heterocycles. The second-order valence-electron chi connectivity index (χ2n) is 5.31. The van der Waals surface area contributed by atoms with E-state index in [4.69, 9.17) is 0 Å². The Balaban J connectivity index is 1.81. The Morgan fingerprint density at radius 3 is 2.61 bits per heavy atom. The van der Waals surface area contributed by atoms with Crippen molar-refractivity contribution in [3.8, 4) is 0 Å². The minimum absolute atomic E-state index is 0.299. The van der Waals surface area contributed by atoms with Crippen molar-refractivity contribution in [2.45, 2.75) is 46.5 Å². The smallest absolute Gasteiger partial charge is 0.222 e. The maximum Gasteiger partial charge on any atom is 0.222 e. The molecule has 2 rings (SSSR count). The number of carbonyl (C=O) groups excluding carboxylic acids is 1. The molecule has 4 heteroatoms. The molecule has 1 saturated heterocycles. The lowest BCUT2D eigenvalue weighted by atomic mass is 9.99. The number of thiazole rings is 1. The van der Waals surface area contributed by atoms with Gasteiger partial charge < -0.3 is 4.90 Å². The maximum atomic E-state index is 12.1. The van der Waals surface area contributed by atoms with E-state index in [-0.39, 0.29) is 0 Å². The summed E-state index contributed by atoms with van der Waals surface area (Å²) in [4.78, 5) is 19.8. The number of rotatable bonds is 3. The fourth-order valence-corrected chi connectivity index (χ4v) is 3.21. The van der Waals surface area contributed by atoms with Crippen LogP contribution >= 0.6 is 11.3 Å². The van der Waals surface area contributed by atoms with Crippen LogP contribution in [0, 0.1) is 19.8 Å². The summed E-state index contributed by atoms with van der Waals surface area (Å²) in [7, 11) is 0. The predicted molar refractivity (Wildman–Crippen MR) is 74.9 cm³/mol. The van der Waals surface area contributed by atoms with Crippen molar-refractivity contribution in [1.29, 1.82) is 0 Å². The van der Waals surface area contributed by atoms with Crippen molar-refractivity contribution in [2.75, 3.05) is 13.1 Å². The van der Waals surface area contributed by atoms with Crippen LogP contribution in [0.15, 0.2) is 0 Å². The molecule has 0 atom stereocenters. The number of nitrogens with zero attached hydrogens (tertiary/aromatic N) is 2. The molecule has 1 aliphatic rings. The topological polar surface area (TPSA) is 33.2 Å². The minimum atomic E-state index is 0.299. The Kier molecular flexibility index (Phi) is 4.38. The molecule has 0 aliphatic carbocycles. The van der Waals surface area contributed by atoms with E-state index < -0.39 is 0 Å². The predicted octanol–water partition coefficient (Wildman–Crippen LogP) is 2.95. The number of likely N-dealkylation sites (tertiary alicyclic amines) is 1. The molecule has 1 fully saturated rings. The first kappa shape index (κ1) is 13.5. The van der Waals surface area contributed by atoms with Gasteiger partial charge in [-0.2, -0.15) is 0 Å². The second kappa shape index (κ2) is 5.83. The highest BCUT2D eigenvalue weighted by Crippen LogP contribution is 2.20. The van der Waals surface area contributed by atoms with Gasteiger partial charge in [0.25, 0.3) is 0 Å². The van der Waals surface area contributed by atoms with Crippen LogP contribution in [0.4, 0.5) is 0 Å². The molecule has 0 N–H and O–H groups in total. The fraction of sp³-hybridized carbons (Fsp3) is 0.714. The molecule has 0 bridgehead atoms. The van der Waals surface area contributed by atoms with Crippen molar-refractivity contribution in [3.05, 3.63) is 15.6 Å². The molecule has 1 aliphatic heterocycles. The molecule has 0 radical (unpaired) electrons. The van der Waals surface area contributed by atoms with Gasteiger partial charge in [-0.25, -0.2) is 4.98 Å². The van der Waals surface area contributed by atoms with E-state index in [9.17, 15) is 4.79 Å². The number of aryl methyl sites for hydroxylation is 3. The van der Waals surface area contributed by atoms with Crippen LogP contribution in [0.5, 0.6) is 0 Å². The number of hydrogen-bond acceptors (Lipinski definition) is 3. The minimum Gasteiger partial charge on any atom is -0.343 e. The molecule has 0 saturated carbocycles. The third-order valence-corrected chi connectivity index (χ3v) is 4.89. The molecule has 100 valence electrons. The third-order valence-electron chi connectivity index (χ3n) is 3.76. The standard InChI is InChI=1S/C14H22N2OS/c1-10-6-8-16(9-7-10)14(17)5-4-13-15-11(2)12(3)18-13/h10H,4-9H2,1-3H3. The lowest BCUT2D eigenvalue weighted by molar-refractivity contribution is -0.132. The van der Waals surface area contributed by atoms with Gasteiger partial charge in [-0.3, -0.25) is 4.79 Å². The van der Waals surface area contributed by atoms with E-state index in [2.05, 4.69) is 18.8 Å². The van der Waals surface area contributed by atoms with E-state index in [1.807, 2.05) is 11.8 Å². The van der Waals surface area contributed by atoms with Gasteiger partial charge in [0.1, 0.15) is 0 Å². The summed E-state index contributed by atoms with van der Waals surface area (Å²) in [6.45, 7) is 8.27. The number of carbonyl (C=O) groups is 1. The molecular formula is C14H22N2OS. The summed E-state index contributed by atoms with van der Waals surface area (Å²) in [6, 6.07) is 0. The first-order chi connectivity index (χ1) is 8.56. The van der Waals surface area contributed by atoms with E-state index >= 15 is 0 Å². The van der Waals surface area contributed by atoms with Gasteiger partial charge in [0.2, 0.25) is 5.91 Å². The van der Waals surface area contributed by atoms with Crippen LogP contribution in [0.2, 0.25) is 0 Å². The average molecular weight is 266 g/mol. The van der Waals surface area contributed by atoms with Crippen molar-refractivity contribution >= 4 is 17.2 Å². The molecule has 18 heavy (non-hydrogen) atoms. The van der Waals surface area contributed by atoms with Gasteiger partial charge in [0.05, 0.1) is 10.7 Å².